The molecule has 0 saturated heterocycles. The highest BCUT2D eigenvalue weighted by Gasteiger charge is 2.06. The first-order valence-electron chi connectivity index (χ1n) is 7.10. The van der Waals surface area contributed by atoms with Gasteiger partial charge in [0.25, 0.3) is 5.91 Å². The standard InChI is InChI=1S/C17H19N3O3/c1-12(13-7-3-5-9-15(13)21)19-20-17(22)11-18-14-8-4-6-10-16(14)23-2/h3-10,18,21H,11H2,1-2H3,(H,20,22). The minimum Gasteiger partial charge on any atom is -0.507 e. The second-order valence-corrected chi connectivity index (χ2v) is 4.80. The first-order valence-corrected chi connectivity index (χ1v) is 7.10. The number of hydrazone groups is 1. The van der Waals surface area contributed by atoms with Crippen molar-refractivity contribution < 1.29 is 14.6 Å². The van der Waals surface area contributed by atoms with E-state index in [1.165, 1.54) is 0 Å². The largest absolute Gasteiger partial charge is 0.507 e. The van der Waals surface area contributed by atoms with E-state index in [-0.39, 0.29) is 18.2 Å². The van der Waals surface area contributed by atoms with Crippen LogP contribution in [0, 0.1) is 0 Å². The van der Waals surface area contributed by atoms with Gasteiger partial charge in [0.2, 0.25) is 0 Å². The average Bonchev–Trinajstić information content (AvgIpc) is 2.58. The van der Waals surface area contributed by atoms with Crippen molar-refractivity contribution in [1.82, 2.24) is 5.43 Å². The number of methoxy groups -OCH3 is 1. The van der Waals surface area contributed by atoms with Crippen LogP contribution in [0.1, 0.15) is 12.5 Å². The molecular weight excluding hydrogens is 294 g/mol. The van der Waals surface area contributed by atoms with Crippen molar-refractivity contribution in [2.75, 3.05) is 19.0 Å². The van der Waals surface area contributed by atoms with Crippen molar-refractivity contribution in [3.63, 3.8) is 0 Å². The zero-order valence-corrected chi connectivity index (χ0v) is 13.0. The number of para-hydroxylation sites is 3. The summed E-state index contributed by atoms with van der Waals surface area (Å²) in [6, 6.07) is 14.1. The zero-order chi connectivity index (χ0) is 16.7. The van der Waals surface area contributed by atoms with Gasteiger partial charge in [-0.1, -0.05) is 24.3 Å². The second-order valence-electron chi connectivity index (χ2n) is 4.80. The maximum atomic E-state index is 11.9. The molecule has 6 heteroatoms. The molecule has 0 saturated carbocycles. The molecule has 0 spiro atoms. The molecule has 0 unspecified atom stereocenters. The number of carbonyl (C=O) groups excluding carboxylic acids is 1. The number of phenolic OH excluding ortho intramolecular Hbond substituents is 1. The Kier molecular flexibility index (Phi) is 5.57. The van der Waals surface area contributed by atoms with E-state index in [2.05, 4.69) is 15.8 Å². The summed E-state index contributed by atoms with van der Waals surface area (Å²) >= 11 is 0. The lowest BCUT2D eigenvalue weighted by atomic mass is 10.1. The van der Waals surface area contributed by atoms with Crippen LogP contribution in [-0.4, -0.2) is 30.4 Å². The summed E-state index contributed by atoms with van der Waals surface area (Å²) in [7, 11) is 1.57. The van der Waals surface area contributed by atoms with Gasteiger partial charge < -0.3 is 15.2 Å². The second kappa shape index (κ2) is 7.84. The lowest BCUT2D eigenvalue weighted by molar-refractivity contribution is -0.119. The van der Waals surface area contributed by atoms with Gasteiger partial charge in [-0.15, -0.1) is 0 Å². The number of hydrogen-bond acceptors (Lipinski definition) is 5. The molecule has 0 bridgehead atoms. The number of amides is 1. The Balaban J connectivity index is 1.92. The van der Waals surface area contributed by atoms with Crippen LogP contribution >= 0.6 is 0 Å². The van der Waals surface area contributed by atoms with E-state index in [1.54, 1.807) is 44.4 Å². The number of anilines is 1. The van der Waals surface area contributed by atoms with Crippen LogP contribution < -0.4 is 15.5 Å². The fourth-order valence-electron chi connectivity index (χ4n) is 1.99. The Morgan fingerprint density at radius 3 is 2.61 bits per heavy atom. The number of phenols is 1. The molecule has 3 N–H and O–H groups in total. The lowest BCUT2D eigenvalue weighted by Gasteiger charge is -2.10. The van der Waals surface area contributed by atoms with Crippen molar-refractivity contribution >= 4 is 17.3 Å². The number of nitrogens with one attached hydrogen (secondary N) is 2. The first-order chi connectivity index (χ1) is 11.1. The van der Waals surface area contributed by atoms with Crippen LogP contribution in [0.5, 0.6) is 11.5 Å². The molecule has 0 radical (unpaired) electrons. The molecule has 2 aromatic carbocycles. The average molecular weight is 313 g/mol. The highest BCUT2D eigenvalue weighted by Crippen LogP contribution is 2.22. The summed E-state index contributed by atoms with van der Waals surface area (Å²) in [5.74, 6) is 0.481. The maximum Gasteiger partial charge on any atom is 0.259 e. The summed E-state index contributed by atoms with van der Waals surface area (Å²) in [5, 5.41) is 16.7. The highest BCUT2D eigenvalue weighted by molar-refractivity contribution is 6.01. The fourth-order valence-corrected chi connectivity index (χ4v) is 1.99. The van der Waals surface area contributed by atoms with Crippen molar-refractivity contribution in [1.29, 1.82) is 0 Å². The van der Waals surface area contributed by atoms with Crippen LogP contribution in [0.15, 0.2) is 53.6 Å². The third-order valence-electron chi connectivity index (χ3n) is 3.19. The number of carbonyl (C=O) groups is 1. The van der Waals surface area contributed by atoms with Crippen LogP contribution in [0.3, 0.4) is 0 Å². The van der Waals surface area contributed by atoms with E-state index in [0.29, 0.717) is 17.0 Å². The minimum absolute atomic E-state index is 0.0535. The number of benzene rings is 2. The molecule has 0 fully saturated rings. The zero-order valence-electron chi connectivity index (χ0n) is 13.0. The third kappa shape index (κ3) is 4.47. The molecule has 0 atom stereocenters. The first kappa shape index (κ1) is 16.4. The van der Waals surface area contributed by atoms with Gasteiger partial charge in [0, 0.05) is 5.56 Å². The van der Waals surface area contributed by atoms with Crippen molar-refractivity contribution in [2.24, 2.45) is 5.10 Å². The van der Waals surface area contributed by atoms with E-state index >= 15 is 0 Å². The number of hydrogen-bond donors (Lipinski definition) is 3. The minimum atomic E-state index is -0.300. The van der Waals surface area contributed by atoms with Gasteiger partial charge in [-0.05, 0) is 31.2 Å². The van der Waals surface area contributed by atoms with Gasteiger partial charge >= 0.3 is 0 Å². The third-order valence-corrected chi connectivity index (χ3v) is 3.19. The van der Waals surface area contributed by atoms with E-state index in [4.69, 9.17) is 4.74 Å². The maximum absolute atomic E-state index is 11.9. The monoisotopic (exact) mass is 313 g/mol. The van der Waals surface area contributed by atoms with Gasteiger partial charge in [-0.3, -0.25) is 4.79 Å². The van der Waals surface area contributed by atoms with E-state index in [1.807, 2.05) is 18.2 Å². The van der Waals surface area contributed by atoms with Gasteiger partial charge in [0.1, 0.15) is 11.5 Å². The van der Waals surface area contributed by atoms with Crippen LogP contribution in [-0.2, 0) is 4.79 Å². The Labute approximate surface area is 134 Å². The smallest absolute Gasteiger partial charge is 0.259 e. The van der Waals surface area contributed by atoms with E-state index in [9.17, 15) is 9.90 Å². The molecule has 0 aliphatic rings. The van der Waals surface area contributed by atoms with Crippen molar-refractivity contribution in [3.05, 3.63) is 54.1 Å². The number of ether oxygens (including phenoxy) is 1. The molecule has 1 amide bonds. The van der Waals surface area contributed by atoms with Crippen LogP contribution in [0.4, 0.5) is 5.69 Å². The topological polar surface area (TPSA) is 83.0 Å². The highest BCUT2D eigenvalue weighted by atomic mass is 16.5. The normalized spacial score (nSPS) is 11.0. The molecule has 0 aliphatic carbocycles. The molecule has 120 valence electrons. The summed E-state index contributed by atoms with van der Waals surface area (Å²) < 4.78 is 5.20. The Hall–Kier alpha value is -3.02. The van der Waals surface area contributed by atoms with E-state index in [0.717, 1.165) is 5.69 Å². The number of aromatic hydroxyl groups is 1. The molecule has 0 heterocycles. The quantitative estimate of drug-likeness (QED) is 0.565. The molecular formula is C17H19N3O3. The number of rotatable bonds is 6. The van der Waals surface area contributed by atoms with Crippen molar-refractivity contribution in [3.8, 4) is 11.5 Å². The Bertz CT molecular complexity index is 714. The Morgan fingerprint density at radius 1 is 1.17 bits per heavy atom. The summed E-state index contributed by atoms with van der Waals surface area (Å²) in [5.41, 5.74) is 4.28. The van der Waals surface area contributed by atoms with Gasteiger partial charge in [-0.2, -0.15) is 5.10 Å². The van der Waals surface area contributed by atoms with Gasteiger partial charge in [-0.25, -0.2) is 5.43 Å². The predicted octanol–water partition coefficient (Wildman–Crippen LogP) is 2.35. The van der Waals surface area contributed by atoms with E-state index < -0.39 is 0 Å². The summed E-state index contributed by atoms with van der Waals surface area (Å²) in [6.45, 7) is 1.76. The SMILES string of the molecule is COc1ccccc1NCC(=O)NN=C(C)c1ccccc1O. The molecule has 23 heavy (non-hydrogen) atoms. The van der Waals surface area contributed by atoms with Crippen LogP contribution in [0.25, 0.3) is 0 Å². The Morgan fingerprint density at radius 2 is 1.87 bits per heavy atom. The summed E-state index contributed by atoms with van der Waals surface area (Å²) in [6.07, 6.45) is 0. The molecule has 2 aromatic rings. The molecule has 6 nitrogen and oxygen atoms in total. The van der Waals surface area contributed by atoms with Crippen molar-refractivity contribution in [2.45, 2.75) is 6.92 Å². The summed E-state index contributed by atoms with van der Waals surface area (Å²) in [4.78, 5) is 11.9. The van der Waals surface area contributed by atoms with Gasteiger partial charge in [0.15, 0.2) is 0 Å². The molecule has 0 aromatic heterocycles. The predicted molar refractivity (Wildman–Crippen MR) is 89.9 cm³/mol. The van der Waals surface area contributed by atoms with Crippen LogP contribution in [0.2, 0.25) is 0 Å². The number of nitrogens with zero attached hydrogens (tertiary/aromatic N) is 1. The lowest BCUT2D eigenvalue weighted by Crippen LogP contribution is -2.26. The van der Waals surface area contributed by atoms with Gasteiger partial charge in [0.05, 0.1) is 25.1 Å². The fraction of sp³-hybridized carbons (Fsp3) is 0.176. The molecule has 2 rings (SSSR count). The molecule has 0 aliphatic heterocycles.